The second-order valence-corrected chi connectivity index (χ2v) is 7.13. The van der Waals surface area contributed by atoms with Crippen LogP contribution in [0.2, 0.25) is 5.02 Å². The zero-order chi connectivity index (χ0) is 18.2. The van der Waals surface area contributed by atoms with E-state index in [1.54, 1.807) is 4.90 Å². The molecule has 0 unspecified atom stereocenters. The Morgan fingerprint density at radius 2 is 1.96 bits per heavy atom. The fourth-order valence-electron chi connectivity index (χ4n) is 3.63. The first-order valence-electron chi connectivity index (χ1n) is 8.24. The summed E-state index contributed by atoms with van der Waals surface area (Å²) in [6.07, 6.45) is 1.77. The summed E-state index contributed by atoms with van der Waals surface area (Å²) in [6.45, 7) is 2.08. The Morgan fingerprint density at radius 1 is 1.24 bits per heavy atom. The highest BCUT2D eigenvalue weighted by molar-refractivity contribution is 6.33. The van der Waals surface area contributed by atoms with Gasteiger partial charge in [-0.05, 0) is 32.0 Å². The van der Waals surface area contributed by atoms with E-state index in [4.69, 9.17) is 11.6 Å². The highest BCUT2D eigenvalue weighted by Crippen LogP contribution is 2.32. The van der Waals surface area contributed by atoms with Gasteiger partial charge < -0.3 is 10.2 Å². The van der Waals surface area contributed by atoms with Gasteiger partial charge in [0.05, 0.1) is 10.6 Å². The molecule has 0 saturated carbocycles. The van der Waals surface area contributed by atoms with Crippen LogP contribution in [0.1, 0.15) is 29.6 Å². The molecular formula is C17H20ClF2N3O2. The van der Waals surface area contributed by atoms with Gasteiger partial charge in [-0.3, -0.25) is 14.5 Å². The van der Waals surface area contributed by atoms with Gasteiger partial charge >= 0.3 is 0 Å². The van der Waals surface area contributed by atoms with Crippen LogP contribution in [0.5, 0.6) is 0 Å². The molecule has 2 fully saturated rings. The van der Waals surface area contributed by atoms with Gasteiger partial charge in [-0.2, -0.15) is 0 Å². The molecule has 0 radical (unpaired) electrons. The van der Waals surface area contributed by atoms with Crippen LogP contribution in [0.25, 0.3) is 0 Å². The van der Waals surface area contributed by atoms with Crippen LogP contribution in [0, 0.1) is 11.6 Å². The Kier molecular flexibility index (Phi) is 4.97. The lowest BCUT2D eigenvalue weighted by atomic mass is 9.86. The lowest BCUT2D eigenvalue weighted by Gasteiger charge is -2.49. The number of likely N-dealkylation sites (N-methyl/N-ethyl adjacent to an activating group) is 1. The normalized spacial score (nSPS) is 25.0. The highest BCUT2D eigenvalue weighted by atomic mass is 35.5. The quantitative estimate of drug-likeness (QED) is 0.769. The van der Waals surface area contributed by atoms with E-state index in [2.05, 4.69) is 10.2 Å². The lowest BCUT2D eigenvalue weighted by Crippen LogP contribution is -2.62. The van der Waals surface area contributed by atoms with E-state index in [1.807, 2.05) is 7.05 Å². The van der Waals surface area contributed by atoms with Crippen molar-refractivity contribution in [1.82, 2.24) is 15.1 Å². The zero-order valence-corrected chi connectivity index (χ0v) is 14.7. The first-order chi connectivity index (χ1) is 11.8. The maximum absolute atomic E-state index is 13.5. The summed E-state index contributed by atoms with van der Waals surface area (Å²) < 4.78 is 26.8. The molecule has 2 aliphatic rings. The molecule has 2 saturated heterocycles. The number of benzene rings is 1. The summed E-state index contributed by atoms with van der Waals surface area (Å²) in [6, 6.07) is 1.67. The number of halogens is 3. The lowest BCUT2D eigenvalue weighted by molar-refractivity contribution is -0.121. The predicted octanol–water partition coefficient (Wildman–Crippen LogP) is 2.04. The number of rotatable bonds is 1. The third kappa shape index (κ3) is 3.48. The van der Waals surface area contributed by atoms with Gasteiger partial charge in [-0.15, -0.1) is 0 Å². The first-order valence-corrected chi connectivity index (χ1v) is 8.62. The number of nitrogens with zero attached hydrogens (tertiary/aromatic N) is 2. The van der Waals surface area contributed by atoms with E-state index >= 15 is 0 Å². The predicted molar refractivity (Wildman–Crippen MR) is 89.5 cm³/mol. The minimum absolute atomic E-state index is 0.0115. The molecule has 136 valence electrons. The molecular weight excluding hydrogens is 352 g/mol. The largest absolute Gasteiger partial charge is 0.356 e. The molecule has 8 heteroatoms. The van der Waals surface area contributed by atoms with E-state index in [-0.39, 0.29) is 22.0 Å². The SMILES string of the molecule is CN1CCN(C(=O)c2cc(F)c(F)cc2Cl)C[C@@]12CCNC(=O)CC2. The average molecular weight is 372 g/mol. The summed E-state index contributed by atoms with van der Waals surface area (Å²) in [5.74, 6) is -2.58. The highest BCUT2D eigenvalue weighted by Gasteiger charge is 2.42. The van der Waals surface area contributed by atoms with E-state index in [9.17, 15) is 18.4 Å². The first kappa shape index (κ1) is 18.1. The molecule has 2 aliphatic heterocycles. The van der Waals surface area contributed by atoms with Crippen molar-refractivity contribution in [3.63, 3.8) is 0 Å². The maximum atomic E-state index is 13.5. The molecule has 1 N–H and O–H groups in total. The van der Waals surface area contributed by atoms with Gasteiger partial charge in [0.15, 0.2) is 11.6 Å². The molecule has 2 amide bonds. The van der Waals surface area contributed by atoms with Crippen LogP contribution in [0.15, 0.2) is 12.1 Å². The molecule has 2 heterocycles. The molecule has 1 aromatic carbocycles. The van der Waals surface area contributed by atoms with E-state index in [0.717, 1.165) is 18.6 Å². The van der Waals surface area contributed by atoms with Gasteiger partial charge in [-0.25, -0.2) is 8.78 Å². The number of piperazine rings is 1. The molecule has 3 rings (SSSR count). The smallest absolute Gasteiger partial charge is 0.255 e. The minimum Gasteiger partial charge on any atom is -0.356 e. The van der Waals surface area contributed by atoms with Gasteiger partial charge in [0.2, 0.25) is 5.91 Å². The summed E-state index contributed by atoms with van der Waals surface area (Å²) in [7, 11) is 1.99. The van der Waals surface area contributed by atoms with E-state index in [1.165, 1.54) is 0 Å². The average Bonchev–Trinajstić information content (AvgIpc) is 2.76. The molecule has 5 nitrogen and oxygen atoms in total. The number of hydrogen-bond acceptors (Lipinski definition) is 3. The van der Waals surface area contributed by atoms with Crippen molar-refractivity contribution in [3.05, 3.63) is 34.4 Å². The molecule has 1 spiro atoms. The Hall–Kier alpha value is -1.73. The molecule has 1 atom stereocenters. The maximum Gasteiger partial charge on any atom is 0.255 e. The fraction of sp³-hybridized carbons (Fsp3) is 0.529. The van der Waals surface area contributed by atoms with Crippen molar-refractivity contribution in [2.24, 2.45) is 0 Å². The number of hydrogen-bond donors (Lipinski definition) is 1. The summed E-state index contributed by atoms with van der Waals surface area (Å²) >= 11 is 5.95. The second-order valence-electron chi connectivity index (χ2n) is 6.72. The van der Waals surface area contributed by atoms with Crippen molar-refractivity contribution in [3.8, 4) is 0 Å². The third-order valence-electron chi connectivity index (χ3n) is 5.26. The van der Waals surface area contributed by atoms with Gasteiger partial charge in [-0.1, -0.05) is 11.6 Å². The standard InChI is InChI=1S/C17H20ClF2N3O2/c1-22-6-7-23(10-17(22)3-2-15(24)21-5-4-17)16(25)11-8-13(19)14(20)9-12(11)18/h8-9H,2-7,10H2,1H3,(H,21,24)/t17-/m1/s1. The molecule has 0 aromatic heterocycles. The Balaban J connectivity index is 1.84. The zero-order valence-electron chi connectivity index (χ0n) is 13.9. The van der Waals surface area contributed by atoms with Gasteiger partial charge in [0, 0.05) is 38.1 Å². The van der Waals surface area contributed by atoms with Crippen LogP contribution in [0.4, 0.5) is 8.78 Å². The number of amides is 2. The van der Waals surface area contributed by atoms with Crippen molar-refractivity contribution in [2.45, 2.75) is 24.8 Å². The van der Waals surface area contributed by atoms with E-state index < -0.39 is 17.5 Å². The van der Waals surface area contributed by atoms with Crippen molar-refractivity contribution < 1.29 is 18.4 Å². The molecule has 0 aliphatic carbocycles. The monoisotopic (exact) mass is 371 g/mol. The number of nitrogens with one attached hydrogen (secondary N) is 1. The van der Waals surface area contributed by atoms with Crippen LogP contribution < -0.4 is 5.32 Å². The summed E-state index contributed by atoms with van der Waals surface area (Å²) in [5, 5.41) is 2.75. The molecule has 0 bridgehead atoms. The topological polar surface area (TPSA) is 52.6 Å². The van der Waals surface area contributed by atoms with Crippen molar-refractivity contribution in [1.29, 1.82) is 0 Å². The fourth-order valence-corrected chi connectivity index (χ4v) is 3.86. The second kappa shape index (κ2) is 6.88. The molecule has 25 heavy (non-hydrogen) atoms. The Morgan fingerprint density at radius 3 is 2.72 bits per heavy atom. The molecule has 1 aromatic rings. The summed E-state index contributed by atoms with van der Waals surface area (Å²) in [4.78, 5) is 28.3. The minimum atomic E-state index is -1.10. The van der Waals surface area contributed by atoms with Gasteiger partial charge in [0.25, 0.3) is 5.91 Å². The third-order valence-corrected chi connectivity index (χ3v) is 5.57. The van der Waals surface area contributed by atoms with Crippen LogP contribution in [0.3, 0.4) is 0 Å². The van der Waals surface area contributed by atoms with Gasteiger partial charge in [0.1, 0.15) is 0 Å². The van der Waals surface area contributed by atoms with E-state index in [0.29, 0.717) is 39.0 Å². The van der Waals surface area contributed by atoms with Crippen LogP contribution in [-0.2, 0) is 4.79 Å². The summed E-state index contributed by atoms with van der Waals surface area (Å²) in [5.41, 5.74) is -0.346. The number of carbonyl (C=O) groups is 2. The van der Waals surface area contributed by atoms with Crippen LogP contribution >= 0.6 is 11.6 Å². The Bertz CT molecular complexity index is 715. The van der Waals surface area contributed by atoms with Crippen molar-refractivity contribution >= 4 is 23.4 Å². The van der Waals surface area contributed by atoms with Crippen LogP contribution in [-0.4, -0.2) is 60.4 Å². The Labute approximate surface area is 149 Å². The van der Waals surface area contributed by atoms with Crippen molar-refractivity contribution in [2.75, 3.05) is 33.2 Å². The number of carbonyl (C=O) groups excluding carboxylic acids is 2.